The Labute approximate surface area is 150 Å². The van der Waals surface area contributed by atoms with E-state index in [1.165, 1.54) is 10.4 Å². The van der Waals surface area contributed by atoms with Crippen LogP contribution in [-0.2, 0) is 21.5 Å². The maximum atomic E-state index is 12.4. The largest absolute Gasteiger partial charge is 0.444 e. The van der Waals surface area contributed by atoms with Crippen molar-refractivity contribution >= 4 is 33.4 Å². The number of fused-ring (bicyclic) bond motifs is 2. The van der Waals surface area contributed by atoms with Crippen molar-refractivity contribution in [3.63, 3.8) is 0 Å². The van der Waals surface area contributed by atoms with Gasteiger partial charge in [-0.1, -0.05) is 0 Å². The quantitative estimate of drug-likeness (QED) is 0.632. The van der Waals surface area contributed by atoms with Crippen molar-refractivity contribution in [1.29, 1.82) is 0 Å². The molecule has 4 nitrogen and oxygen atoms in total. The predicted octanol–water partition coefficient (Wildman–Crippen LogP) is 4.70. The van der Waals surface area contributed by atoms with Crippen LogP contribution in [0.5, 0.6) is 0 Å². The number of piperidine rings is 1. The van der Waals surface area contributed by atoms with Gasteiger partial charge in [-0.25, -0.2) is 4.79 Å². The van der Waals surface area contributed by atoms with Gasteiger partial charge in [0.1, 0.15) is 11.2 Å². The summed E-state index contributed by atoms with van der Waals surface area (Å²) in [5.41, 5.74) is 0.701. The van der Waals surface area contributed by atoms with Gasteiger partial charge in [0.25, 0.3) is 0 Å². The highest BCUT2D eigenvalue weighted by Gasteiger charge is 2.46. The summed E-state index contributed by atoms with van der Waals surface area (Å²) in [6, 6.07) is 2.32. The van der Waals surface area contributed by atoms with Crippen LogP contribution in [-0.4, -0.2) is 35.8 Å². The van der Waals surface area contributed by atoms with E-state index in [9.17, 15) is 4.79 Å². The third kappa shape index (κ3) is 3.44. The Morgan fingerprint density at radius 1 is 1.52 bits per heavy atom. The number of nitrogens with zero attached hydrogens (tertiary/aromatic N) is 1. The van der Waals surface area contributed by atoms with E-state index in [-0.39, 0.29) is 17.7 Å². The second-order valence-corrected chi connectivity index (χ2v) is 9.91. The second-order valence-electron chi connectivity index (χ2n) is 7.47. The van der Waals surface area contributed by atoms with Crippen LogP contribution in [0.4, 0.5) is 4.79 Å². The van der Waals surface area contributed by atoms with Gasteiger partial charge in [0, 0.05) is 23.9 Å². The first-order chi connectivity index (χ1) is 10.7. The number of carbonyl (C=O) groups excluding carboxylic acids is 1. The summed E-state index contributed by atoms with van der Waals surface area (Å²) in [6.45, 7) is 9.23. The molecule has 1 saturated heterocycles. The fourth-order valence-electron chi connectivity index (χ4n) is 3.53. The van der Waals surface area contributed by atoms with Gasteiger partial charge in [-0.05, 0) is 68.1 Å². The number of hydrogen-bond donors (Lipinski definition) is 0. The number of carbonyl (C=O) groups is 1. The molecule has 1 aromatic heterocycles. The lowest BCUT2D eigenvalue weighted by Crippen LogP contribution is -2.53. The van der Waals surface area contributed by atoms with Gasteiger partial charge in [0.05, 0.1) is 10.4 Å². The van der Waals surface area contributed by atoms with Crippen LogP contribution in [0.1, 0.15) is 51.0 Å². The Bertz CT molecular complexity index is 609. The highest BCUT2D eigenvalue weighted by Crippen LogP contribution is 2.48. The summed E-state index contributed by atoms with van der Waals surface area (Å²) in [4.78, 5) is 15.6. The van der Waals surface area contributed by atoms with Crippen LogP contribution >= 0.6 is 27.3 Å². The first kappa shape index (κ1) is 17.2. The van der Waals surface area contributed by atoms with Crippen LogP contribution < -0.4 is 0 Å². The molecule has 23 heavy (non-hydrogen) atoms. The van der Waals surface area contributed by atoms with Crippen molar-refractivity contribution in [1.82, 2.24) is 4.90 Å². The fourth-order valence-corrected chi connectivity index (χ4v) is 5.41. The van der Waals surface area contributed by atoms with Gasteiger partial charge in [-0.3, -0.25) is 0 Å². The topological polar surface area (TPSA) is 38.8 Å². The third-order valence-corrected chi connectivity index (χ3v) is 6.35. The van der Waals surface area contributed by atoms with Crippen LogP contribution in [0.3, 0.4) is 0 Å². The molecule has 1 amide bonds. The molecule has 0 unspecified atom stereocenters. The molecular formula is C17H24BrNO3S. The number of halogens is 1. The van der Waals surface area contributed by atoms with Gasteiger partial charge in [-0.15, -0.1) is 11.3 Å². The van der Waals surface area contributed by atoms with E-state index in [1.54, 1.807) is 11.3 Å². The molecule has 2 atom stereocenters. The molecule has 0 bridgehead atoms. The lowest BCUT2D eigenvalue weighted by Gasteiger charge is -2.46. The zero-order chi connectivity index (χ0) is 16.8. The maximum absolute atomic E-state index is 12.4. The molecule has 0 radical (unpaired) electrons. The molecule has 128 valence electrons. The summed E-state index contributed by atoms with van der Waals surface area (Å²) < 4.78 is 13.0. The second kappa shape index (κ2) is 6.05. The molecule has 0 aromatic carbocycles. The SMILES string of the molecule is C[C@H]1C[C@@]2(CCN1C(=O)OC(C)(C)C)OCCc1cc(Br)sc12. The highest BCUT2D eigenvalue weighted by atomic mass is 79.9. The monoisotopic (exact) mass is 401 g/mol. The van der Waals surface area contributed by atoms with Gasteiger partial charge in [-0.2, -0.15) is 0 Å². The van der Waals surface area contributed by atoms with Crippen LogP contribution in [0.2, 0.25) is 0 Å². The zero-order valence-corrected chi connectivity index (χ0v) is 16.6. The van der Waals surface area contributed by atoms with Crippen molar-refractivity contribution in [3.05, 3.63) is 20.3 Å². The van der Waals surface area contributed by atoms with E-state index in [0.29, 0.717) is 6.54 Å². The number of ether oxygens (including phenoxy) is 2. The van der Waals surface area contributed by atoms with Gasteiger partial charge in [0.15, 0.2) is 0 Å². The molecule has 0 aliphatic carbocycles. The lowest BCUT2D eigenvalue weighted by molar-refractivity contribution is -0.108. The van der Waals surface area contributed by atoms with E-state index in [1.807, 2.05) is 25.7 Å². The van der Waals surface area contributed by atoms with Gasteiger partial charge >= 0.3 is 6.09 Å². The molecule has 1 spiro atoms. The molecule has 2 aliphatic rings. The number of thiophene rings is 1. The lowest BCUT2D eigenvalue weighted by atomic mass is 9.82. The van der Waals surface area contributed by atoms with Crippen molar-refractivity contribution < 1.29 is 14.3 Å². The van der Waals surface area contributed by atoms with Gasteiger partial charge in [0.2, 0.25) is 0 Å². The Balaban J connectivity index is 1.78. The van der Waals surface area contributed by atoms with Crippen molar-refractivity contribution in [2.45, 2.75) is 64.2 Å². The standard InChI is InChI=1S/C17H24BrNO3S/c1-11-10-17(6-7-19(11)15(20)22-16(2,3)4)14-12(5-8-21-17)9-13(18)23-14/h9,11H,5-8,10H2,1-4H3/t11-,17+/m0/s1. The average Bonchev–Trinajstić information content (AvgIpc) is 2.79. The van der Waals surface area contributed by atoms with Crippen LogP contribution in [0.15, 0.2) is 9.85 Å². The summed E-state index contributed by atoms with van der Waals surface area (Å²) >= 11 is 5.38. The molecule has 0 saturated carbocycles. The minimum atomic E-state index is -0.459. The number of rotatable bonds is 0. The first-order valence-corrected chi connectivity index (χ1v) is 9.73. The van der Waals surface area contributed by atoms with Crippen LogP contribution in [0.25, 0.3) is 0 Å². The van der Waals surface area contributed by atoms with E-state index >= 15 is 0 Å². The molecule has 0 N–H and O–H groups in total. The van der Waals surface area contributed by atoms with E-state index < -0.39 is 5.60 Å². The Morgan fingerprint density at radius 3 is 2.91 bits per heavy atom. The van der Waals surface area contributed by atoms with Crippen molar-refractivity contribution in [2.75, 3.05) is 13.2 Å². The predicted molar refractivity (Wildman–Crippen MR) is 95.0 cm³/mol. The Hall–Kier alpha value is -0.590. The summed E-state index contributed by atoms with van der Waals surface area (Å²) in [6.07, 6.45) is 2.41. The molecule has 2 aliphatic heterocycles. The van der Waals surface area contributed by atoms with Crippen molar-refractivity contribution in [2.24, 2.45) is 0 Å². The van der Waals surface area contributed by atoms with Crippen molar-refractivity contribution in [3.8, 4) is 0 Å². The maximum Gasteiger partial charge on any atom is 0.410 e. The Morgan fingerprint density at radius 2 is 2.26 bits per heavy atom. The molecule has 6 heteroatoms. The summed E-state index contributed by atoms with van der Waals surface area (Å²) in [5.74, 6) is 0. The molecule has 1 aromatic rings. The molecular weight excluding hydrogens is 378 g/mol. The van der Waals surface area contributed by atoms with Gasteiger partial charge < -0.3 is 14.4 Å². The zero-order valence-electron chi connectivity index (χ0n) is 14.1. The normalized spacial score (nSPS) is 27.9. The van der Waals surface area contributed by atoms with Crippen LogP contribution in [0, 0.1) is 0 Å². The van der Waals surface area contributed by atoms with E-state index in [0.717, 1.165) is 29.7 Å². The first-order valence-electron chi connectivity index (χ1n) is 8.12. The molecule has 3 rings (SSSR count). The summed E-state index contributed by atoms with van der Waals surface area (Å²) in [7, 11) is 0. The minimum absolute atomic E-state index is 0.102. The van der Waals surface area contributed by atoms with E-state index in [2.05, 4.69) is 28.9 Å². The van der Waals surface area contributed by atoms with E-state index in [4.69, 9.17) is 9.47 Å². The number of likely N-dealkylation sites (tertiary alicyclic amines) is 1. The minimum Gasteiger partial charge on any atom is -0.444 e. The smallest absolute Gasteiger partial charge is 0.410 e. The Kier molecular flexibility index (Phi) is 4.53. The third-order valence-electron chi connectivity index (χ3n) is 4.48. The fraction of sp³-hybridized carbons (Fsp3) is 0.706. The molecule has 3 heterocycles. The number of amides is 1. The summed E-state index contributed by atoms with van der Waals surface area (Å²) in [5, 5.41) is 0. The average molecular weight is 402 g/mol. The highest BCUT2D eigenvalue weighted by molar-refractivity contribution is 9.11. The number of hydrogen-bond acceptors (Lipinski definition) is 4. The molecule has 1 fully saturated rings.